The molecule has 1 amide bonds. The summed E-state index contributed by atoms with van der Waals surface area (Å²) in [7, 11) is 0. The molecular formula is C13H18N2O. The van der Waals surface area contributed by atoms with Crippen molar-refractivity contribution in [3.63, 3.8) is 0 Å². The van der Waals surface area contributed by atoms with E-state index in [4.69, 9.17) is 0 Å². The van der Waals surface area contributed by atoms with E-state index in [0.29, 0.717) is 6.42 Å². The maximum absolute atomic E-state index is 11.4. The number of nitrogens with one attached hydrogen (secondary N) is 1. The number of rotatable bonds is 6. The molecule has 1 N–H and O–H groups in total. The number of benzene rings is 1. The van der Waals surface area contributed by atoms with Gasteiger partial charge < -0.3 is 10.2 Å². The zero-order valence-corrected chi connectivity index (χ0v) is 9.48. The molecule has 1 aliphatic rings. The highest BCUT2D eigenvalue weighted by molar-refractivity contribution is 5.76. The Kier molecular flexibility index (Phi) is 3.94. The smallest absolute Gasteiger partial charge is 0.221 e. The first kappa shape index (κ1) is 11.1. The monoisotopic (exact) mass is 218 g/mol. The Hall–Kier alpha value is -1.35. The highest BCUT2D eigenvalue weighted by Gasteiger charge is 2.17. The van der Waals surface area contributed by atoms with Crippen molar-refractivity contribution in [3.8, 4) is 0 Å². The van der Waals surface area contributed by atoms with E-state index < -0.39 is 0 Å². The molecule has 0 atom stereocenters. The molecule has 0 spiro atoms. The lowest BCUT2D eigenvalue weighted by molar-refractivity contribution is -0.121. The van der Waals surface area contributed by atoms with Crippen LogP contribution in [0.25, 0.3) is 0 Å². The zero-order chi connectivity index (χ0) is 11.2. The number of carbonyl (C=O) groups excluding carboxylic acids is 1. The lowest BCUT2D eigenvalue weighted by Gasteiger charge is -2.05. The van der Waals surface area contributed by atoms with Crippen LogP contribution in [0.1, 0.15) is 12.0 Å². The molecule has 1 aliphatic heterocycles. The fourth-order valence-electron chi connectivity index (χ4n) is 1.63. The average Bonchev–Trinajstić information content (AvgIpc) is 3.12. The highest BCUT2D eigenvalue weighted by atomic mass is 16.1. The minimum atomic E-state index is 0.169. The van der Waals surface area contributed by atoms with E-state index in [2.05, 4.69) is 22.3 Å². The van der Waals surface area contributed by atoms with E-state index in [-0.39, 0.29) is 5.91 Å². The van der Waals surface area contributed by atoms with Gasteiger partial charge in [-0.1, -0.05) is 30.3 Å². The van der Waals surface area contributed by atoms with E-state index in [1.807, 2.05) is 18.2 Å². The molecule has 0 aromatic heterocycles. The molecule has 1 heterocycles. The molecular weight excluding hydrogens is 200 g/mol. The molecule has 1 aromatic carbocycles. The molecule has 1 fully saturated rings. The van der Waals surface area contributed by atoms with Gasteiger partial charge in [0.05, 0.1) is 0 Å². The van der Waals surface area contributed by atoms with Crippen LogP contribution in [0, 0.1) is 0 Å². The van der Waals surface area contributed by atoms with Crippen molar-refractivity contribution in [3.05, 3.63) is 35.9 Å². The van der Waals surface area contributed by atoms with Gasteiger partial charge in [-0.25, -0.2) is 0 Å². The lowest BCUT2D eigenvalue weighted by Crippen LogP contribution is -2.27. The summed E-state index contributed by atoms with van der Waals surface area (Å²) in [6, 6.07) is 10.2. The predicted molar refractivity (Wildman–Crippen MR) is 64.2 cm³/mol. The topological polar surface area (TPSA) is 32.1 Å². The summed E-state index contributed by atoms with van der Waals surface area (Å²) >= 11 is 0. The van der Waals surface area contributed by atoms with Gasteiger partial charge in [-0.3, -0.25) is 4.79 Å². The number of hydrogen-bond acceptors (Lipinski definition) is 2. The SMILES string of the molecule is O=C(CCN1CC1)NCCc1ccccc1. The standard InChI is InChI=1S/C13H18N2O/c16-13(7-9-15-10-11-15)14-8-6-12-4-2-1-3-5-12/h1-5H,6-11H2,(H,14,16). The zero-order valence-electron chi connectivity index (χ0n) is 9.48. The third kappa shape index (κ3) is 4.03. The van der Waals surface area contributed by atoms with Crippen molar-refractivity contribution in [1.29, 1.82) is 0 Å². The van der Waals surface area contributed by atoms with Crippen molar-refractivity contribution in [2.24, 2.45) is 0 Å². The van der Waals surface area contributed by atoms with Crippen molar-refractivity contribution < 1.29 is 4.79 Å². The van der Waals surface area contributed by atoms with Crippen molar-refractivity contribution in [2.45, 2.75) is 12.8 Å². The predicted octanol–water partition coefficient (Wildman–Crippen LogP) is 1.05. The molecule has 0 aliphatic carbocycles. The lowest BCUT2D eigenvalue weighted by atomic mass is 10.1. The van der Waals surface area contributed by atoms with Crippen molar-refractivity contribution >= 4 is 5.91 Å². The Morgan fingerprint density at radius 3 is 2.69 bits per heavy atom. The van der Waals surface area contributed by atoms with Crippen LogP contribution in [0.2, 0.25) is 0 Å². The van der Waals surface area contributed by atoms with Gasteiger partial charge in [-0.05, 0) is 12.0 Å². The van der Waals surface area contributed by atoms with Gasteiger partial charge in [0.2, 0.25) is 5.91 Å². The first-order valence-corrected chi connectivity index (χ1v) is 5.87. The molecule has 0 saturated carbocycles. The van der Waals surface area contributed by atoms with Gasteiger partial charge in [0.15, 0.2) is 0 Å². The molecule has 86 valence electrons. The van der Waals surface area contributed by atoms with Gasteiger partial charge in [0, 0.05) is 32.6 Å². The van der Waals surface area contributed by atoms with Gasteiger partial charge >= 0.3 is 0 Å². The summed E-state index contributed by atoms with van der Waals surface area (Å²) in [6.45, 7) is 3.98. The number of carbonyl (C=O) groups is 1. The molecule has 0 unspecified atom stereocenters. The van der Waals surface area contributed by atoms with Crippen LogP contribution in [-0.4, -0.2) is 37.0 Å². The van der Waals surface area contributed by atoms with Crippen LogP contribution >= 0.6 is 0 Å². The summed E-state index contributed by atoms with van der Waals surface area (Å²) < 4.78 is 0. The Bertz CT molecular complexity index is 333. The molecule has 0 radical (unpaired) electrons. The molecule has 2 rings (SSSR count). The maximum atomic E-state index is 11.4. The summed E-state index contributed by atoms with van der Waals surface area (Å²) in [5.41, 5.74) is 1.27. The van der Waals surface area contributed by atoms with Crippen LogP contribution in [0.4, 0.5) is 0 Å². The number of hydrogen-bond donors (Lipinski definition) is 1. The Labute approximate surface area is 96.5 Å². The number of amides is 1. The molecule has 3 nitrogen and oxygen atoms in total. The van der Waals surface area contributed by atoms with E-state index in [1.54, 1.807) is 0 Å². The van der Waals surface area contributed by atoms with Crippen molar-refractivity contribution in [1.82, 2.24) is 10.2 Å². The summed E-state index contributed by atoms with van der Waals surface area (Å²) in [5.74, 6) is 0.169. The van der Waals surface area contributed by atoms with Crippen LogP contribution in [-0.2, 0) is 11.2 Å². The van der Waals surface area contributed by atoms with Gasteiger partial charge in [0.1, 0.15) is 0 Å². The third-order valence-corrected chi connectivity index (χ3v) is 2.77. The van der Waals surface area contributed by atoms with Crippen LogP contribution in [0.15, 0.2) is 30.3 Å². The molecule has 3 heteroatoms. The molecule has 16 heavy (non-hydrogen) atoms. The van der Waals surface area contributed by atoms with Gasteiger partial charge in [0.25, 0.3) is 0 Å². The third-order valence-electron chi connectivity index (χ3n) is 2.77. The Balaban J connectivity index is 1.58. The normalized spacial score (nSPS) is 14.8. The van der Waals surface area contributed by atoms with Gasteiger partial charge in [-0.2, -0.15) is 0 Å². The van der Waals surface area contributed by atoms with E-state index in [1.165, 1.54) is 5.56 Å². The second kappa shape index (κ2) is 5.66. The number of nitrogens with zero attached hydrogens (tertiary/aromatic N) is 1. The second-order valence-corrected chi connectivity index (χ2v) is 4.18. The average molecular weight is 218 g/mol. The quantitative estimate of drug-likeness (QED) is 0.724. The van der Waals surface area contributed by atoms with Crippen LogP contribution in [0.5, 0.6) is 0 Å². The first-order chi connectivity index (χ1) is 7.84. The van der Waals surface area contributed by atoms with E-state index in [9.17, 15) is 4.79 Å². The van der Waals surface area contributed by atoms with Gasteiger partial charge in [-0.15, -0.1) is 0 Å². The molecule has 1 aromatic rings. The fraction of sp³-hybridized carbons (Fsp3) is 0.462. The summed E-state index contributed by atoms with van der Waals surface area (Å²) in [5, 5.41) is 2.95. The largest absolute Gasteiger partial charge is 0.356 e. The summed E-state index contributed by atoms with van der Waals surface area (Å²) in [6.07, 6.45) is 1.55. The van der Waals surface area contributed by atoms with Crippen molar-refractivity contribution in [2.75, 3.05) is 26.2 Å². The Morgan fingerprint density at radius 1 is 1.25 bits per heavy atom. The highest BCUT2D eigenvalue weighted by Crippen LogP contribution is 2.03. The molecule has 0 bridgehead atoms. The molecule has 1 saturated heterocycles. The first-order valence-electron chi connectivity index (χ1n) is 5.87. The van der Waals surface area contributed by atoms with Crippen LogP contribution < -0.4 is 5.32 Å². The fourth-order valence-corrected chi connectivity index (χ4v) is 1.63. The minimum absolute atomic E-state index is 0.169. The van der Waals surface area contributed by atoms with E-state index >= 15 is 0 Å². The minimum Gasteiger partial charge on any atom is -0.356 e. The maximum Gasteiger partial charge on any atom is 0.221 e. The second-order valence-electron chi connectivity index (χ2n) is 4.18. The Morgan fingerprint density at radius 2 is 2.00 bits per heavy atom. The van der Waals surface area contributed by atoms with E-state index in [0.717, 1.165) is 32.6 Å². The summed E-state index contributed by atoms with van der Waals surface area (Å²) in [4.78, 5) is 13.7. The van der Waals surface area contributed by atoms with Crippen LogP contribution in [0.3, 0.4) is 0 Å².